The molecule has 2 atom stereocenters. The molecule has 2 nitrogen and oxygen atoms in total. The molecule has 2 heteroatoms. The third kappa shape index (κ3) is 5.31. The first-order valence-corrected chi connectivity index (χ1v) is 6.84. The minimum absolute atomic E-state index is 0.478. The van der Waals surface area contributed by atoms with Crippen LogP contribution >= 0.6 is 0 Å². The van der Waals surface area contributed by atoms with Crippen LogP contribution in [0.25, 0.3) is 0 Å². The first-order valence-electron chi connectivity index (χ1n) is 6.84. The lowest BCUT2D eigenvalue weighted by atomic mass is 9.99. The largest absolute Gasteiger partial charge is 0.380 e. The van der Waals surface area contributed by atoms with Crippen LogP contribution < -0.4 is 5.32 Å². The Bertz CT molecular complexity index is 185. The summed E-state index contributed by atoms with van der Waals surface area (Å²) in [5.41, 5.74) is 0. The monoisotopic (exact) mass is 227 g/mol. The van der Waals surface area contributed by atoms with Gasteiger partial charge in [-0.1, -0.05) is 27.7 Å². The summed E-state index contributed by atoms with van der Waals surface area (Å²) in [6.45, 7) is 13.0. The number of hydrogen-bond acceptors (Lipinski definition) is 2. The Morgan fingerprint density at radius 2 is 1.69 bits per heavy atom. The van der Waals surface area contributed by atoms with Crippen molar-refractivity contribution in [2.75, 3.05) is 13.2 Å². The molecular formula is C14H29NO. The second-order valence-corrected chi connectivity index (χ2v) is 6.11. The first-order chi connectivity index (χ1) is 7.50. The zero-order chi connectivity index (χ0) is 12.1. The molecule has 0 radical (unpaired) electrons. The molecule has 1 saturated carbocycles. The lowest BCUT2D eigenvalue weighted by Gasteiger charge is -2.26. The van der Waals surface area contributed by atoms with Gasteiger partial charge in [0, 0.05) is 18.7 Å². The van der Waals surface area contributed by atoms with Crippen LogP contribution in [0, 0.1) is 17.8 Å². The van der Waals surface area contributed by atoms with Crippen molar-refractivity contribution in [2.24, 2.45) is 17.8 Å². The fourth-order valence-corrected chi connectivity index (χ4v) is 2.19. The quantitative estimate of drug-likeness (QED) is 0.688. The summed E-state index contributed by atoms with van der Waals surface area (Å²) in [5.74, 6) is 2.30. The highest BCUT2D eigenvalue weighted by molar-refractivity contribution is 4.89. The molecule has 96 valence electrons. The van der Waals surface area contributed by atoms with Crippen molar-refractivity contribution in [1.82, 2.24) is 5.32 Å². The van der Waals surface area contributed by atoms with E-state index < -0.39 is 0 Å². The van der Waals surface area contributed by atoms with Gasteiger partial charge < -0.3 is 10.1 Å². The summed E-state index contributed by atoms with van der Waals surface area (Å²) in [6.07, 6.45) is 2.82. The first kappa shape index (κ1) is 14.0. The lowest BCUT2D eigenvalue weighted by Crippen LogP contribution is -2.43. The van der Waals surface area contributed by atoms with E-state index in [1.54, 1.807) is 0 Å². The van der Waals surface area contributed by atoms with Crippen molar-refractivity contribution in [1.29, 1.82) is 0 Å². The highest BCUT2D eigenvalue weighted by atomic mass is 16.5. The number of hydrogen-bond donors (Lipinski definition) is 1. The van der Waals surface area contributed by atoms with Crippen LogP contribution in [0.3, 0.4) is 0 Å². The molecule has 1 aliphatic rings. The second kappa shape index (κ2) is 6.61. The topological polar surface area (TPSA) is 21.3 Å². The van der Waals surface area contributed by atoms with Crippen LogP contribution in [0.15, 0.2) is 0 Å². The Morgan fingerprint density at radius 3 is 2.12 bits per heavy atom. The maximum atomic E-state index is 5.68. The fourth-order valence-electron chi connectivity index (χ4n) is 2.19. The van der Waals surface area contributed by atoms with Crippen LogP contribution in [-0.2, 0) is 4.74 Å². The molecule has 0 spiro atoms. The van der Waals surface area contributed by atoms with E-state index >= 15 is 0 Å². The second-order valence-electron chi connectivity index (χ2n) is 6.11. The highest BCUT2D eigenvalue weighted by Crippen LogP contribution is 2.35. The molecule has 0 aromatic rings. The minimum atomic E-state index is 0.478. The molecule has 1 N–H and O–H groups in total. The van der Waals surface area contributed by atoms with E-state index in [1.165, 1.54) is 12.8 Å². The molecule has 0 aromatic heterocycles. The van der Waals surface area contributed by atoms with Gasteiger partial charge >= 0.3 is 0 Å². The lowest BCUT2D eigenvalue weighted by molar-refractivity contribution is 0.0879. The molecule has 0 aromatic carbocycles. The summed E-state index contributed by atoms with van der Waals surface area (Å²) >= 11 is 0. The summed E-state index contributed by atoms with van der Waals surface area (Å²) in [6, 6.07) is 1.17. The third-order valence-electron chi connectivity index (χ3n) is 3.14. The molecule has 0 bridgehead atoms. The number of nitrogens with one attached hydrogen (secondary N) is 1. The molecule has 1 fully saturated rings. The average molecular weight is 227 g/mol. The van der Waals surface area contributed by atoms with Gasteiger partial charge in [-0.2, -0.15) is 0 Å². The van der Waals surface area contributed by atoms with Crippen LogP contribution in [0.2, 0.25) is 0 Å². The Morgan fingerprint density at radius 1 is 1.06 bits per heavy atom. The van der Waals surface area contributed by atoms with Crippen molar-refractivity contribution in [3.63, 3.8) is 0 Å². The van der Waals surface area contributed by atoms with E-state index in [4.69, 9.17) is 4.74 Å². The molecule has 1 rings (SSSR count). The van der Waals surface area contributed by atoms with E-state index in [-0.39, 0.29) is 0 Å². The van der Waals surface area contributed by atoms with Gasteiger partial charge in [-0.25, -0.2) is 0 Å². The van der Waals surface area contributed by atoms with Gasteiger partial charge in [0.15, 0.2) is 0 Å². The fraction of sp³-hybridized carbons (Fsp3) is 1.00. The van der Waals surface area contributed by atoms with Gasteiger partial charge in [-0.15, -0.1) is 0 Å². The Labute approximate surface area is 101 Å². The molecule has 0 aliphatic heterocycles. The van der Waals surface area contributed by atoms with Gasteiger partial charge in [0.1, 0.15) is 0 Å². The Hall–Kier alpha value is -0.0800. The molecule has 0 heterocycles. The summed E-state index contributed by atoms with van der Waals surface area (Å²) in [7, 11) is 0. The Balaban J connectivity index is 2.18. The third-order valence-corrected chi connectivity index (χ3v) is 3.14. The summed E-state index contributed by atoms with van der Waals surface area (Å²) < 4.78 is 5.68. The van der Waals surface area contributed by atoms with Crippen molar-refractivity contribution in [2.45, 2.75) is 59.5 Å². The van der Waals surface area contributed by atoms with Gasteiger partial charge in [0.05, 0.1) is 6.61 Å². The van der Waals surface area contributed by atoms with Crippen LogP contribution in [-0.4, -0.2) is 25.3 Å². The normalized spacial score (nSPS) is 20.4. The van der Waals surface area contributed by atoms with Crippen LogP contribution in [0.4, 0.5) is 0 Å². The van der Waals surface area contributed by atoms with Crippen molar-refractivity contribution in [3.8, 4) is 0 Å². The van der Waals surface area contributed by atoms with Crippen LogP contribution in [0.5, 0.6) is 0 Å². The average Bonchev–Trinajstić information content (AvgIpc) is 2.96. The predicted octanol–water partition coefficient (Wildman–Crippen LogP) is 3.07. The summed E-state index contributed by atoms with van der Waals surface area (Å²) in [4.78, 5) is 0. The van der Waals surface area contributed by atoms with Crippen molar-refractivity contribution in [3.05, 3.63) is 0 Å². The number of ether oxygens (including phenoxy) is 1. The molecule has 0 saturated heterocycles. The maximum absolute atomic E-state index is 5.68. The van der Waals surface area contributed by atoms with Gasteiger partial charge in [0.25, 0.3) is 0 Å². The molecule has 0 amide bonds. The zero-order valence-corrected chi connectivity index (χ0v) is 11.6. The SMILES string of the molecule is CC(C)COCC(C)NC(C(C)C)C1CC1. The van der Waals surface area contributed by atoms with E-state index in [0.717, 1.165) is 25.0 Å². The smallest absolute Gasteiger partial charge is 0.0617 e. The van der Waals surface area contributed by atoms with Gasteiger partial charge in [-0.3, -0.25) is 0 Å². The highest BCUT2D eigenvalue weighted by Gasteiger charge is 2.33. The van der Waals surface area contributed by atoms with Gasteiger partial charge in [0.2, 0.25) is 0 Å². The molecule has 1 aliphatic carbocycles. The van der Waals surface area contributed by atoms with Crippen LogP contribution in [0.1, 0.15) is 47.5 Å². The predicted molar refractivity (Wildman–Crippen MR) is 69.6 cm³/mol. The molecule has 2 unspecified atom stereocenters. The maximum Gasteiger partial charge on any atom is 0.0617 e. The Kier molecular flexibility index (Phi) is 5.77. The number of rotatable bonds is 8. The van der Waals surface area contributed by atoms with Gasteiger partial charge in [-0.05, 0) is 37.5 Å². The minimum Gasteiger partial charge on any atom is -0.380 e. The van der Waals surface area contributed by atoms with Crippen molar-refractivity contribution >= 4 is 0 Å². The molecular weight excluding hydrogens is 198 g/mol. The van der Waals surface area contributed by atoms with E-state index in [2.05, 4.69) is 39.9 Å². The van der Waals surface area contributed by atoms with E-state index in [1.807, 2.05) is 0 Å². The molecule has 16 heavy (non-hydrogen) atoms. The van der Waals surface area contributed by atoms with E-state index in [9.17, 15) is 0 Å². The van der Waals surface area contributed by atoms with Crippen molar-refractivity contribution < 1.29 is 4.74 Å². The summed E-state index contributed by atoms with van der Waals surface area (Å²) in [5, 5.41) is 3.73. The van der Waals surface area contributed by atoms with E-state index in [0.29, 0.717) is 18.0 Å². The zero-order valence-electron chi connectivity index (χ0n) is 11.6. The standard InChI is InChI=1S/C14H29NO/c1-10(2)8-16-9-12(5)15-14(11(3)4)13-6-7-13/h10-15H,6-9H2,1-5H3.